The Hall–Kier alpha value is -2.92. The Bertz CT molecular complexity index is 1000. The highest BCUT2D eigenvalue weighted by Crippen LogP contribution is 2.56. The van der Waals surface area contributed by atoms with E-state index in [9.17, 15) is 20.2 Å². The Kier molecular flexibility index (Phi) is 4.00. The zero-order valence-corrected chi connectivity index (χ0v) is 16.3. The van der Waals surface area contributed by atoms with Crippen molar-refractivity contribution >= 4 is 11.4 Å². The third kappa shape index (κ3) is 2.51. The van der Waals surface area contributed by atoms with Crippen LogP contribution in [0.2, 0.25) is 0 Å². The van der Waals surface area contributed by atoms with Crippen LogP contribution in [0.15, 0.2) is 48.5 Å². The molecule has 3 heterocycles. The number of nitro groups is 2. The molecule has 5 atom stereocenters. The maximum atomic E-state index is 11.3. The third-order valence-corrected chi connectivity index (χ3v) is 6.21. The second-order valence-corrected chi connectivity index (χ2v) is 8.00. The number of benzene rings is 2. The summed E-state index contributed by atoms with van der Waals surface area (Å²) < 4.78 is 18.7. The lowest BCUT2D eigenvalue weighted by Gasteiger charge is -2.32. The van der Waals surface area contributed by atoms with Gasteiger partial charge >= 0.3 is 0 Å². The molecule has 5 rings (SSSR count). The summed E-state index contributed by atoms with van der Waals surface area (Å²) in [5, 5.41) is 22.5. The quantitative estimate of drug-likeness (QED) is 0.555. The van der Waals surface area contributed by atoms with E-state index in [4.69, 9.17) is 14.2 Å². The molecule has 3 saturated heterocycles. The van der Waals surface area contributed by atoms with Crippen molar-refractivity contribution in [3.8, 4) is 0 Å². The van der Waals surface area contributed by atoms with Gasteiger partial charge in [-0.3, -0.25) is 20.2 Å². The Labute approximate surface area is 171 Å². The van der Waals surface area contributed by atoms with Crippen LogP contribution in [0.25, 0.3) is 0 Å². The van der Waals surface area contributed by atoms with Gasteiger partial charge in [-0.2, -0.15) is 0 Å². The van der Waals surface area contributed by atoms with E-state index >= 15 is 0 Å². The van der Waals surface area contributed by atoms with E-state index in [2.05, 4.69) is 0 Å². The van der Waals surface area contributed by atoms with Crippen LogP contribution in [0.5, 0.6) is 0 Å². The molecule has 0 saturated carbocycles. The minimum atomic E-state index is -0.975. The van der Waals surface area contributed by atoms with Gasteiger partial charge in [0.15, 0.2) is 0 Å². The van der Waals surface area contributed by atoms with Crippen LogP contribution in [-0.4, -0.2) is 40.0 Å². The van der Waals surface area contributed by atoms with E-state index in [0.29, 0.717) is 17.7 Å². The second kappa shape index (κ2) is 6.29. The van der Waals surface area contributed by atoms with Gasteiger partial charge in [0.2, 0.25) is 0 Å². The number of hydrogen-bond donors (Lipinski definition) is 0. The van der Waals surface area contributed by atoms with Crippen molar-refractivity contribution in [3.63, 3.8) is 0 Å². The van der Waals surface area contributed by atoms with Gasteiger partial charge in [0.25, 0.3) is 11.4 Å². The van der Waals surface area contributed by atoms with Gasteiger partial charge in [0, 0.05) is 24.3 Å². The lowest BCUT2D eigenvalue weighted by molar-refractivity contribution is -0.385. The SMILES string of the molecule is C[C@@]1(c2cccc([N+](=O)[O-])c2)O[C@H]2CO[C@@H]3N2[C@H]1O[C@@]3(C)c1cccc([N+](=O)[O-])c1. The number of rotatable bonds is 4. The molecule has 0 radical (unpaired) electrons. The van der Waals surface area contributed by atoms with Gasteiger partial charge < -0.3 is 14.2 Å². The predicted octanol–water partition coefficient (Wildman–Crippen LogP) is 3.00. The van der Waals surface area contributed by atoms with E-state index in [1.807, 2.05) is 18.7 Å². The van der Waals surface area contributed by atoms with Crippen LogP contribution in [0.4, 0.5) is 11.4 Å². The number of nitro benzene ring substituents is 2. The van der Waals surface area contributed by atoms with Gasteiger partial charge in [-0.05, 0) is 25.0 Å². The Morgan fingerprint density at radius 3 is 1.97 bits per heavy atom. The Morgan fingerprint density at radius 2 is 1.43 bits per heavy atom. The minimum absolute atomic E-state index is 0.0309. The smallest absolute Gasteiger partial charge is 0.269 e. The molecule has 0 unspecified atom stereocenters. The van der Waals surface area contributed by atoms with Crippen LogP contribution in [-0.2, 0) is 25.4 Å². The molecule has 0 aliphatic carbocycles. The van der Waals surface area contributed by atoms with Crippen LogP contribution in [0.3, 0.4) is 0 Å². The predicted molar refractivity (Wildman–Crippen MR) is 102 cm³/mol. The first-order valence-corrected chi connectivity index (χ1v) is 9.48. The zero-order chi connectivity index (χ0) is 21.3. The Balaban J connectivity index is 1.56. The fourth-order valence-electron chi connectivity index (χ4n) is 4.68. The fraction of sp³-hybridized carbons (Fsp3) is 0.400. The molecule has 2 aromatic rings. The molecular formula is C20H19N3O7. The lowest BCUT2D eigenvalue weighted by Crippen LogP contribution is -2.40. The largest absolute Gasteiger partial charge is 0.355 e. The summed E-state index contributed by atoms with van der Waals surface area (Å²) in [6, 6.07) is 12.6. The number of nitrogens with zero attached hydrogens (tertiary/aromatic N) is 3. The van der Waals surface area contributed by atoms with Crippen molar-refractivity contribution in [2.45, 2.75) is 43.7 Å². The highest BCUT2D eigenvalue weighted by atomic mass is 16.7. The van der Waals surface area contributed by atoms with Crippen LogP contribution < -0.4 is 0 Å². The maximum absolute atomic E-state index is 11.3. The van der Waals surface area contributed by atoms with Gasteiger partial charge in [-0.25, -0.2) is 4.90 Å². The maximum Gasteiger partial charge on any atom is 0.269 e. The van der Waals surface area contributed by atoms with Crippen LogP contribution in [0.1, 0.15) is 25.0 Å². The molecule has 156 valence electrons. The monoisotopic (exact) mass is 413 g/mol. The minimum Gasteiger partial charge on any atom is -0.355 e. The van der Waals surface area contributed by atoms with Crippen molar-refractivity contribution in [2.75, 3.05) is 6.61 Å². The third-order valence-electron chi connectivity index (χ3n) is 6.21. The molecule has 10 heteroatoms. The summed E-state index contributed by atoms with van der Waals surface area (Å²) in [4.78, 5) is 23.6. The van der Waals surface area contributed by atoms with E-state index < -0.39 is 33.5 Å². The molecule has 0 aromatic heterocycles. The van der Waals surface area contributed by atoms with E-state index in [1.165, 1.54) is 24.3 Å². The molecule has 0 amide bonds. The molecule has 10 nitrogen and oxygen atoms in total. The Morgan fingerprint density at radius 1 is 0.900 bits per heavy atom. The fourth-order valence-corrected chi connectivity index (χ4v) is 4.68. The van der Waals surface area contributed by atoms with Gasteiger partial charge in [0.05, 0.1) is 16.5 Å². The van der Waals surface area contributed by atoms with Crippen molar-refractivity contribution in [2.24, 2.45) is 0 Å². The van der Waals surface area contributed by atoms with E-state index in [-0.39, 0.29) is 17.6 Å². The molecule has 0 bridgehead atoms. The highest BCUT2D eigenvalue weighted by Gasteiger charge is 2.68. The van der Waals surface area contributed by atoms with Crippen LogP contribution in [0, 0.1) is 20.2 Å². The molecule has 0 spiro atoms. The topological polar surface area (TPSA) is 117 Å². The van der Waals surface area contributed by atoms with Crippen molar-refractivity contribution in [3.05, 3.63) is 79.9 Å². The number of ether oxygens (including phenoxy) is 3. The summed E-state index contributed by atoms with van der Waals surface area (Å²) in [7, 11) is 0. The van der Waals surface area contributed by atoms with Crippen molar-refractivity contribution in [1.29, 1.82) is 0 Å². The van der Waals surface area contributed by atoms with Crippen molar-refractivity contribution in [1.82, 2.24) is 4.90 Å². The lowest BCUT2D eigenvalue weighted by atomic mass is 9.93. The average molecular weight is 413 g/mol. The molecule has 2 aromatic carbocycles. The number of non-ortho nitro benzene ring substituents is 2. The molecule has 30 heavy (non-hydrogen) atoms. The highest BCUT2D eigenvalue weighted by molar-refractivity contribution is 5.41. The van der Waals surface area contributed by atoms with E-state index in [0.717, 1.165) is 0 Å². The first kappa shape index (κ1) is 19.1. The van der Waals surface area contributed by atoms with Gasteiger partial charge in [-0.1, -0.05) is 24.3 Å². The summed E-state index contributed by atoms with van der Waals surface area (Å²) in [5.41, 5.74) is -0.765. The van der Waals surface area contributed by atoms with Crippen LogP contribution >= 0.6 is 0 Å². The molecular weight excluding hydrogens is 394 g/mol. The first-order valence-electron chi connectivity index (χ1n) is 9.48. The van der Waals surface area contributed by atoms with E-state index in [1.54, 1.807) is 24.3 Å². The molecule has 0 N–H and O–H groups in total. The number of hydrogen-bond acceptors (Lipinski definition) is 8. The average Bonchev–Trinajstić information content (AvgIpc) is 3.37. The second-order valence-electron chi connectivity index (χ2n) is 8.00. The summed E-state index contributed by atoms with van der Waals surface area (Å²) in [6.07, 6.45) is -1.47. The van der Waals surface area contributed by atoms with Gasteiger partial charge in [-0.15, -0.1) is 0 Å². The summed E-state index contributed by atoms with van der Waals surface area (Å²) >= 11 is 0. The summed E-state index contributed by atoms with van der Waals surface area (Å²) in [6.45, 7) is 3.98. The van der Waals surface area contributed by atoms with Gasteiger partial charge in [0.1, 0.15) is 29.9 Å². The molecule has 3 aliphatic rings. The first-order chi connectivity index (χ1) is 14.2. The van der Waals surface area contributed by atoms with Crippen molar-refractivity contribution < 1.29 is 24.1 Å². The zero-order valence-electron chi connectivity index (χ0n) is 16.3. The molecule has 3 fully saturated rings. The summed E-state index contributed by atoms with van der Waals surface area (Å²) in [5.74, 6) is 0. The normalized spacial score (nSPS) is 34.8. The molecule has 3 aliphatic heterocycles. The standard InChI is InChI=1S/C20H19N3O7/c1-19(12-5-3-7-14(9-12)22(24)25)17-21-16(11-28-17)29-20(2,18(21)30-19)13-6-4-8-15(10-13)23(26)27/h3-10,16-18H,11H2,1-2H3/t16-,17-,18-,19-,20-/m0/s1.